The average Bonchev–Trinajstić information content (AvgIpc) is 3.50. The molecule has 4 amide bonds. The van der Waals surface area contributed by atoms with Crippen LogP contribution in [0.25, 0.3) is 10.1 Å². The topological polar surface area (TPSA) is 175 Å². The Bertz CT molecular complexity index is 2030. The molecular weight excluding hydrogens is 745 g/mol. The standard InChI is InChI=1S/C39H46N5O9PS/c1-23(39(49)50)41-54(51,53-30-5-3-2-4-6-30)22-24-7-10-33-27(15-24)19-34(55-33)35(45)40-31-18-26-16-25(26)17-29-8-9-32(44(29)37(31)47)38(48)43-20-28(21-43)36(46)42-11-13-52-14-12-42/h2-7,10,15,19,23,25-26,28-29,31-32H,8-9,11-14,16-18,20-22H2,1H3,(H,40,45)(H,41,51)(H,49,50)/t23?,25-,26+,29-,31+,32+,54?/m1/s1. The Morgan fingerprint density at radius 3 is 2.45 bits per heavy atom. The van der Waals surface area contributed by atoms with Crippen molar-refractivity contribution in [2.24, 2.45) is 17.8 Å². The molecule has 2 unspecified atom stereocenters. The summed E-state index contributed by atoms with van der Waals surface area (Å²) in [6, 6.07) is 13.2. The molecule has 7 atom stereocenters. The summed E-state index contributed by atoms with van der Waals surface area (Å²) in [7, 11) is -3.74. The molecule has 16 heteroatoms. The maximum absolute atomic E-state index is 14.3. The van der Waals surface area contributed by atoms with Gasteiger partial charge >= 0.3 is 13.5 Å². The SMILES string of the molecule is CC(NP(=O)(Cc1ccc2sc(C(=O)N[C@H]3C[C@@H]4C[C@@H]4C[C@H]4CC[C@@H](C(=O)N5CC(C(=O)N6CCOCC6)C5)N4C3=O)cc2c1)Oc1ccccc1)C(=O)O. The van der Waals surface area contributed by atoms with Crippen molar-refractivity contribution in [2.45, 2.75) is 69.4 Å². The molecule has 1 aliphatic carbocycles. The van der Waals surface area contributed by atoms with E-state index in [1.807, 2.05) is 17.0 Å². The lowest BCUT2D eigenvalue weighted by atomic mass is 9.96. The van der Waals surface area contributed by atoms with E-state index in [1.165, 1.54) is 18.3 Å². The van der Waals surface area contributed by atoms with Crippen LogP contribution in [0.5, 0.6) is 5.75 Å². The van der Waals surface area contributed by atoms with E-state index in [1.54, 1.807) is 52.3 Å². The van der Waals surface area contributed by atoms with Crippen LogP contribution in [-0.4, -0.2) is 113 Å². The van der Waals surface area contributed by atoms with Crippen LogP contribution in [0, 0.1) is 17.8 Å². The summed E-state index contributed by atoms with van der Waals surface area (Å²) in [4.78, 5) is 72.3. The molecule has 3 aromatic rings. The fourth-order valence-corrected chi connectivity index (χ4v) is 11.6. The lowest BCUT2D eigenvalue weighted by Crippen LogP contribution is -2.62. The average molecular weight is 792 g/mol. The summed E-state index contributed by atoms with van der Waals surface area (Å²) in [6.45, 7) is 4.29. The van der Waals surface area contributed by atoms with Gasteiger partial charge in [0.25, 0.3) is 5.91 Å². The fourth-order valence-electron chi connectivity index (χ4n) is 8.58. The van der Waals surface area contributed by atoms with Gasteiger partial charge in [-0.15, -0.1) is 11.3 Å². The molecule has 0 spiro atoms. The van der Waals surface area contributed by atoms with E-state index in [0.717, 1.165) is 29.3 Å². The number of ether oxygens (including phenoxy) is 1. The zero-order valence-corrected chi connectivity index (χ0v) is 32.3. The molecule has 5 fully saturated rings. The zero-order valence-electron chi connectivity index (χ0n) is 30.6. The van der Waals surface area contributed by atoms with Crippen molar-refractivity contribution in [3.8, 4) is 5.75 Å². The van der Waals surface area contributed by atoms with Crippen molar-refractivity contribution in [2.75, 3.05) is 39.4 Å². The molecule has 1 saturated carbocycles. The highest BCUT2D eigenvalue weighted by atomic mass is 32.1. The number of rotatable bonds is 11. The number of carboxylic acids is 1. The molecule has 55 heavy (non-hydrogen) atoms. The number of aliphatic carboxylic acids is 1. The van der Waals surface area contributed by atoms with Gasteiger partial charge < -0.3 is 34.4 Å². The van der Waals surface area contributed by atoms with Crippen molar-refractivity contribution in [1.82, 2.24) is 25.1 Å². The predicted octanol–water partition coefficient (Wildman–Crippen LogP) is 3.94. The van der Waals surface area contributed by atoms with E-state index in [2.05, 4.69) is 10.4 Å². The van der Waals surface area contributed by atoms with E-state index < -0.39 is 31.6 Å². The minimum Gasteiger partial charge on any atom is -0.480 e. The first-order valence-electron chi connectivity index (χ1n) is 19.1. The fraction of sp³-hybridized carbons (Fsp3) is 0.513. The highest BCUT2D eigenvalue weighted by Gasteiger charge is 2.53. The van der Waals surface area contributed by atoms with Gasteiger partial charge in [-0.3, -0.25) is 28.5 Å². The lowest BCUT2D eigenvalue weighted by molar-refractivity contribution is -0.156. The number of nitrogens with one attached hydrogen (secondary N) is 2. The van der Waals surface area contributed by atoms with E-state index in [0.29, 0.717) is 80.3 Å². The Kier molecular flexibility index (Phi) is 10.5. The smallest absolute Gasteiger partial charge is 0.321 e. The number of carbonyl (C=O) groups excluding carboxylic acids is 4. The van der Waals surface area contributed by atoms with Gasteiger partial charge in [0.05, 0.1) is 30.2 Å². The predicted molar refractivity (Wildman–Crippen MR) is 204 cm³/mol. The van der Waals surface area contributed by atoms with Gasteiger partial charge in [-0.25, -0.2) is 5.09 Å². The molecule has 14 nitrogen and oxygen atoms in total. The zero-order chi connectivity index (χ0) is 38.4. The van der Waals surface area contributed by atoms with Crippen LogP contribution in [-0.2, 0) is 34.6 Å². The van der Waals surface area contributed by atoms with Crippen LogP contribution in [0.2, 0.25) is 0 Å². The second kappa shape index (κ2) is 15.3. The summed E-state index contributed by atoms with van der Waals surface area (Å²) < 4.78 is 26.1. The van der Waals surface area contributed by atoms with E-state index in [9.17, 15) is 33.6 Å². The minimum absolute atomic E-state index is 0.0541. The summed E-state index contributed by atoms with van der Waals surface area (Å²) >= 11 is 1.28. The molecule has 0 radical (unpaired) electrons. The number of hydrogen-bond acceptors (Lipinski definition) is 9. The number of thiophene rings is 1. The molecule has 5 aliphatic rings. The molecule has 1 aromatic heterocycles. The highest BCUT2D eigenvalue weighted by molar-refractivity contribution is 7.56. The van der Waals surface area contributed by atoms with Crippen LogP contribution in [0.1, 0.15) is 54.3 Å². The quantitative estimate of drug-likeness (QED) is 0.242. The molecule has 292 valence electrons. The molecule has 4 saturated heterocycles. The Hall–Kier alpha value is -4.30. The summed E-state index contributed by atoms with van der Waals surface area (Å²) in [5, 5.41) is 16.0. The third-order valence-electron chi connectivity index (χ3n) is 11.6. The second-order valence-electron chi connectivity index (χ2n) is 15.5. The minimum atomic E-state index is -3.74. The third-order valence-corrected chi connectivity index (χ3v) is 14.8. The number of fused-ring (bicyclic) bond motifs is 3. The van der Waals surface area contributed by atoms with Crippen LogP contribution in [0.15, 0.2) is 54.6 Å². The normalized spacial score (nSPS) is 26.8. The molecule has 0 bridgehead atoms. The van der Waals surface area contributed by atoms with E-state index >= 15 is 0 Å². The number of carboxylic acid groups (broad SMARTS) is 1. The largest absolute Gasteiger partial charge is 0.480 e. The number of carbonyl (C=O) groups is 5. The lowest BCUT2D eigenvalue weighted by Gasteiger charge is -2.44. The van der Waals surface area contributed by atoms with Crippen LogP contribution >= 0.6 is 18.9 Å². The first kappa shape index (κ1) is 37.6. The van der Waals surface area contributed by atoms with Crippen LogP contribution in [0.3, 0.4) is 0 Å². The molecule has 8 rings (SSSR count). The number of morpholine rings is 1. The Morgan fingerprint density at radius 1 is 0.964 bits per heavy atom. The maximum Gasteiger partial charge on any atom is 0.321 e. The van der Waals surface area contributed by atoms with Gasteiger partial charge in [0.15, 0.2) is 0 Å². The number of benzene rings is 2. The van der Waals surface area contributed by atoms with Gasteiger partial charge in [-0.1, -0.05) is 24.3 Å². The first-order chi connectivity index (χ1) is 26.4. The number of amides is 4. The summed E-state index contributed by atoms with van der Waals surface area (Å²) in [5.41, 5.74) is 0.631. The Labute approximate surface area is 323 Å². The van der Waals surface area contributed by atoms with Gasteiger partial charge in [0.1, 0.15) is 23.9 Å². The van der Waals surface area contributed by atoms with Crippen molar-refractivity contribution >= 4 is 58.5 Å². The molecular formula is C39H46N5O9PS. The Morgan fingerprint density at radius 2 is 1.71 bits per heavy atom. The molecule has 3 N–H and O–H groups in total. The van der Waals surface area contributed by atoms with Gasteiger partial charge in [0, 0.05) is 36.9 Å². The number of nitrogens with zero attached hydrogens (tertiary/aromatic N) is 3. The van der Waals surface area contributed by atoms with Gasteiger partial charge in [-0.2, -0.15) is 0 Å². The van der Waals surface area contributed by atoms with Crippen molar-refractivity contribution in [3.05, 3.63) is 65.0 Å². The summed E-state index contributed by atoms with van der Waals surface area (Å²) in [5.74, 6) is -0.899. The maximum atomic E-state index is 14.3. The number of likely N-dealkylation sites (tertiary alicyclic amines) is 1. The van der Waals surface area contributed by atoms with Crippen LogP contribution < -0.4 is 14.9 Å². The van der Waals surface area contributed by atoms with E-state index in [4.69, 9.17) is 9.26 Å². The number of hydrogen-bond donors (Lipinski definition) is 3. The Balaban J connectivity index is 0.947. The number of para-hydroxylation sites is 1. The second-order valence-corrected chi connectivity index (χ2v) is 18.7. The molecule has 5 heterocycles. The monoisotopic (exact) mass is 791 g/mol. The van der Waals surface area contributed by atoms with Crippen molar-refractivity contribution < 1.29 is 42.9 Å². The van der Waals surface area contributed by atoms with Crippen molar-refractivity contribution in [1.29, 1.82) is 0 Å². The first-order valence-corrected chi connectivity index (χ1v) is 21.7. The van der Waals surface area contributed by atoms with Gasteiger partial charge in [-0.05, 0) is 92.1 Å². The van der Waals surface area contributed by atoms with E-state index in [-0.39, 0.29) is 41.8 Å². The molecule has 4 aliphatic heterocycles. The van der Waals surface area contributed by atoms with Crippen molar-refractivity contribution in [3.63, 3.8) is 0 Å². The van der Waals surface area contributed by atoms with Gasteiger partial charge in [0.2, 0.25) is 17.7 Å². The van der Waals surface area contributed by atoms with Crippen LogP contribution in [0.4, 0.5) is 0 Å². The summed E-state index contributed by atoms with van der Waals surface area (Å²) in [6.07, 6.45) is 3.61. The molecule has 2 aromatic carbocycles. The third kappa shape index (κ3) is 8.03. The highest BCUT2D eigenvalue weighted by Crippen LogP contribution is 2.50.